The molecule has 0 aliphatic carbocycles. The molecule has 0 bridgehead atoms. The summed E-state index contributed by atoms with van der Waals surface area (Å²) in [4.78, 5) is 0. The van der Waals surface area contributed by atoms with Gasteiger partial charge in [0, 0.05) is 11.1 Å². The average molecular weight is 260 g/mol. The number of fused-ring (bicyclic) bond motifs is 1. The van der Waals surface area contributed by atoms with Crippen molar-refractivity contribution in [2.45, 2.75) is 0 Å². The van der Waals surface area contributed by atoms with Gasteiger partial charge in [-0.3, -0.25) is 0 Å². The SMILES string of the molecule is COc1ccc2c(c1)nnn2-c1ccc(Cl)cc1. The maximum atomic E-state index is 5.87. The number of rotatable bonds is 2. The van der Waals surface area contributed by atoms with Crippen molar-refractivity contribution in [3.63, 3.8) is 0 Å². The van der Waals surface area contributed by atoms with Crippen LogP contribution in [0, 0.1) is 0 Å². The zero-order valence-corrected chi connectivity index (χ0v) is 10.4. The van der Waals surface area contributed by atoms with Gasteiger partial charge >= 0.3 is 0 Å². The molecule has 0 amide bonds. The lowest BCUT2D eigenvalue weighted by Crippen LogP contribution is -1.95. The maximum absolute atomic E-state index is 5.87. The highest BCUT2D eigenvalue weighted by Gasteiger charge is 2.07. The summed E-state index contributed by atoms with van der Waals surface area (Å²) in [6, 6.07) is 13.1. The molecule has 3 aromatic rings. The molecule has 0 unspecified atom stereocenters. The van der Waals surface area contributed by atoms with Gasteiger partial charge in [-0.15, -0.1) is 5.10 Å². The van der Waals surface area contributed by atoms with Crippen LogP contribution in [-0.4, -0.2) is 22.1 Å². The third-order valence-corrected chi connectivity index (χ3v) is 2.98. The van der Waals surface area contributed by atoms with Gasteiger partial charge in [0.1, 0.15) is 11.3 Å². The van der Waals surface area contributed by atoms with Gasteiger partial charge in [0.15, 0.2) is 0 Å². The number of aromatic nitrogens is 3. The third-order valence-electron chi connectivity index (χ3n) is 2.72. The van der Waals surface area contributed by atoms with Gasteiger partial charge in [0.25, 0.3) is 0 Å². The van der Waals surface area contributed by atoms with Crippen molar-refractivity contribution in [2.24, 2.45) is 0 Å². The molecule has 0 saturated heterocycles. The first kappa shape index (κ1) is 11.0. The standard InChI is InChI=1S/C13H10ClN3O/c1-18-11-6-7-13-12(8-11)15-16-17(13)10-4-2-9(14)3-5-10/h2-8H,1H3. The molecule has 18 heavy (non-hydrogen) atoms. The Labute approximate surface area is 109 Å². The number of halogens is 1. The van der Waals surface area contributed by atoms with Crippen molar-refractivity contribution in [1.82, 2.24) is 15.0 Å². The van der Waals surface area contributed by atoms with Gasteiger partial charge in [-0.25, -0.2) is 4.68 Å². The van der Waals surface area contributed by atoms with Crippen molar-refractivity contribution in [1.29, 1.82) is 0 Å². The molecule has 0 aliphatic heterocycles. The second-order valence-electron chi connectivity index (χ2n) is 3.83. The Morgan fingerprint density at radius 3 is 2.61 bits per heavy atom. The van der Waals surface area contributed by atoms with Crippen molar-refractivity contribution in [2.75, 3.05) is 7.11 Å². The molecule has 2 aromatic carbocycles. The number of hydrogen-bond donors (Lipinski definition) is 0. The molecule has 0 N–H and O–H groups in total. The second-order valence-corrected chi connectivity index (χ2v) is 4.27. The molecule has 1 heterocycles. The zero-order chi connectivity index (χ0) is 12.5. The summed E-state index contributed by atoms with van der Waals surface area (Å²) in [7, 11) is 1.63. The Morgan fingerprint density at radius 1 is 1.11 bits per heavy atom. The maximum Gasteiger partial charge on any atom is 0.121 e. The van der Waals surface area contributed by atoms with Crippen LogP contribution in [0.4, 0.5) is 0 Å². The van der Waals surface area contributed by atoms with Gasteiger partial charge in [-0.1, -0.05) is 16.8 Å². The van der Waals surface area contributed by atoms with Crippen molar-refractivity contribution in [3.8, 4) is 11.4 Å². The highest BCUT2D eigenvalue weighted by Crippen LogP contribution is 2.21. The molecule has 4 nitrogen and oxygen atoms in total. The summed E-state index contributed by atoms with van der Waals surface area (Å²) in [6.45, 7) is 0. The Morgan fingerprint density at radius 2 is 1.89 bits per heavy atom. The predicted octanol–water partition coefficient (Wildman–Crippen LogP) is 3.08. The Bertz CT molecular complexity index is 691. The molecule has 0 fully saturated rings. The molecule has 0 saturated carbocycles. The number of methoxy groups -OCH3 is 1. The largest absolute Gasteiger partial charge is 0.497 e. The summed E-state index contributed by atoms with van der Waals surface area (Å²) >= 11 is 5.87. The van der Waals surface area contributed by atoms with Crippen LogP contribution in [0.1, 0.15) is 0 Å². The van der Waals surface area contributed by atoms with Crippen LogP contribution in [0.2, 0.25) is 5.02 Å². The normalized spacial score (nSPS) is 10.8. The van der Waals surface area contributed by atoms with Crippen LogP contribution in [0.25, 0.3) is 16.7 Å². The first-order valence-corrected chi connectivity index (χ1v) is 5.81. The molecule has 90 valence electrons. The van der Waals surface area contributed by atoms with E-state index in [0.29, 0.717) is 5.02 Å². The van der Waals surface area contributed by atoms with Crippen LogP contribution in [0.15, 0.2) is 42.5 Å². The number of nitrogens with zero attached hydrogens (tertiary/aromatic N) is 3. The first-order chi connectivity index (χ1) is 8.78. The second kappa shape index (κ2) is 4.31. The fourth-order valence-corrected chi connectivity index (χ4v) is 1.93. The van der Waals surface area contributed by atoms with E-state index in [1.165, 1.54) is 0 Å². The highest BCUT2D eigenvalue weighted by molar-refractivity contribution is 6.30. The summed E-state index contributed by atoms with van der Waals surface area (Å²) in [6.07, 6.45) is 0. The van der Waals surface area contributed by atoms with E-state index in [1.54, 1.807) is 11.8 Å². The number of hydrogen-bond acceptors (Lipinski definition) is 3. The Kier molecular flexibility index (Phi) is 2.64. The zero-order valence-electron chi connectivity index (χ0n) is 9.67. The smallest absolute Gasteiger partial charge is 0.121 e. The van der Waals surface area contributed by atoms with Crippen LogP contribution >= 0.6 is 11.6 Å². The highest BCUT2D eigenvalue weighted by atomic mass is 35.5. The molecule has 0 radical (unpaired) electrons. The van der Waals surface area contributed by atoms with Gasteiger partial charge in [0.2, 0.25) is 0 Å². The van der Waals surface area contributed by atoms with E-state index in [1.807, 2.05) is 42.5 Å². The lowest BCUT2D eigenvalue weighted by molar-refractivity contribution is 0.415. The Hall–Kier alpha value is -2.07. The van der Waals surface area contributed by atoms with E-state index in [-0.39, 0.29) is 0 Å². The van der Waals surface area contributed by atoms with Crippen molar-refractivity contribution in [3.05, 3.63) is 47.5 Å². The minimum Gasteiger partial charge on any atom is -0.497 e. The van der Waals surface area contributed by atoms with E-state index < -0.39 is 0 Å². The lowest BCUT2D eigenvalue weighted by atomic mass is 10.2. The molecule has 1 aromatic heterocycles. The third kappa shape index (κ3) is 1.80. The van der Waals surface area contributed by atoms with Gasteiger partial charge in [0.05, 0.1) is 18.3 Å². The van der Waals surface area contributed by atoms with Gasteiger partial charge < -0.3 is 4.74 Å². The number of benzene rings is 2. The van der Waals surface area contributed by atoms with Gasteiger partial charge in [-0.05, 0) is 36.4 Å². The summed E-state index contributed by atoms with van der Waals surface area (Å²) in [5.41, 5.74) is 2.65. The Balaban J connectivity index is 2.15. The summed E-state index contributed by atoms with van der Waals surface area (Å²) < 4.78 is 6.93. The molecule has 0 spiro atoms. The lowest BCUT2D eigenvalue weighted by Gasteiger charge is -2.02. The van der Waals surface area contributed by atoms with Crippen LogP contribution in [-0.2, 0) is 0 Å². The van der Waals surface area contributed by atoms with E-state index >= 15 is 0 Å². The van der Waals surface area contributed by atoms with E-state index in [9.17, 15) is 0 Å². The van der Waals surface area contributed by atoms with Crippen molar-refractivity contribution >= 4 is 22.6 Å². The molecule has 0 atom stereocenters. The quantitative estimate of drug-likeness (QED) is 0.710. The molecular weight excluding hydrogens is 250 g/mol. The average Bonchev–Trinajstić information content (AvgIpc) is 2.82. The van der Waals surface area contributed by atoms with E-state index in [2.05, 4.69) is 10.3 Å². The summed E-state index contributed by atoms with van der Waals surface area (Å²) in [5, 5.41) is 8.96. The predicted molar refractivity (Wildman–Crippen MR) is 70.4 cm³/mol. The van der Waals surface area contributed by atoms with Crippen LogP contribution < -0.4 is 4.74 Å². The van der Waals surface area contributed by atoms with Crippen LogP contribution in [0.3, 0.4) is 0 Å². The fourth-order valence-electron chi connectivity index (χ4n) is 1.80. The monoisotopic (exact) mass is 259 g/mol. The first-order valence-electron chi connectivity index (χ1n) is 5.43. The van der Waals surface area contributed by atoms with E-state index in [4.69, 9.17) is 16.3 Å². The summed E-state index contributed by atoms with van der Waals surface area (Å²) in [5.74, 6) is 0.769. The van der Waals surface area contributed by atoms with E-state index in [0.717, 1.165) is 22.5 Å². The molecule has 5 heteroatoms. The van der Waals surface area contributed by atoms with Gasteiger partial charge in [-0.2, -0.15) is 0 Å². The fraction of sp³-hybridized carbons (Fsp3) is 0.0769. The molecule has 0 aliphatic rings. The minimum atomic E-state index is 0.699. The minimum absolute atomic E-state index is 0.699. The van der Waals surface area contributed by atoms with Crippen molar-refractivity contribution < 1.29 is 4.74 Å². The number of ether oxygens (including phenoxy) is 1. The topological polar surface area (TPSA) is 39.9 Å². The van der Waals surface area contributed by atoms with Crippen LogP contribution in [0.5, 0.6) is 5.75 Å². The molecule has 3 rings (SSSR count). The molecular formula is C13H10ClN3O.